The Bertz CT molecular complexity index is 122. The van der Waals surface area contributed by atoms with Gasteiger partial charge >= 0.3 is 5.97 Å². The highest BCUT2D eigenvalue weighted by Gasteiger charge is 2.10. The highest BCUT2D eigenvalue weighted by Crippen LogP contribution is 1.82. The van der Waals surface area contributed by atoms with E-state index in [1.165, 1.54) is 0 Å². The number of halogens is 1. The number of hydrogen-bond donors (Lipinski definition) is 2. The van der Waals surface area contributed by atoms with Gasteiger partial charge in [0, 0.05) is 7.11 Å². The number of carbonyl (C=O) groups is 1. The quantitative estimate of drug-likeness (QED) is 0.563. The van der Waals surface area contributed by atoms with Gasteiger partial charge in [-0.1, -0.05) is 0 Å². The number of carboxylic acid groups (broad SMARTS) is 1. The Balaban J connectivity index is 0. The number of carboxylic acids is 1. The molecule has 0 heterocycles. The van der Waals surface area contributed by atoms with Gasteiger partial charge < -0.3 is 20.3 Å². The van der Waals surface area contributed by atoms with Crippen LogP contribution < -0.4 is 5.73 Å². The minimum Gasteiger partial charge on any atom is -0.480 e. The van der Waals surface area contributed by atoms with Crippen LogP contribution in [0.15, 0.2) is 0 Å². The molecule has 0 saturated heterocycles. The molecule has 12 heavy (non-hydrogen) atoms. The maximum Gasteiger partial charge on any atom is 0.322 e. The van der Waals surface area contributed by atoms with Gasteiger partial charge in [0.1, 0.15) is 6.04 Å². The molecule has 6 heteroatoms. The van der Waals surface area contributed by atoms with Crippen LogP contribution in [-0.4, -0.2) is 44.0 Å². The van der Waals surface area contributed by atoms with Crippen molar-refractivity contribution in [2.75, 3.05) is 26.9 Å². The summed E-state index contributed by atoms with van der Waals surface area (Å²) in [6.45, 7) is 0.850. The summed E-state index contributed by atoms with van der Waals surface area (Å²) in [7, 11) is 1.54. The van der Waals surface area contributed by atoms with E-state index in [-0.39, 0.29) is 19.0 Å². The number of methoxy groups -OCH3 is 1. The molecule has 0 rings (SSSR count). The molecular formula is C6H14ClNO4. The maximum atomic E-state index is 10.1. The Hall–Kier alpha value is -0.360. The Morgan fingerprint density at radius 3 is 2.58 bits per heavy atom. The SMILES string of the molecule is COCCOC[C@H](N)C(=O)O.Cl. The molecule has 0 aromatic rings. The van der Waals surface area contributed by atoms with Gasteiger partial charge in [-0.2, -0.15) is 0 Å². The predicted molar refractivity (Wildman–Crippen MR) is 45.6 cm³/mol. The molecule has 0 saturated carbocycles. The van der Waals surface area contributed by atoms with E-state index in [1.807, 2.05) is 0 Å². The highest BCUT2D eigenvalue weighted by atomic mass is 35.5. The summed E-state index contributed by atoms with van der Waals surface area (Å²) in [5.74, 6) is -1.05. The van der Waals surface area contributed by atoms with Crippen molar-refractivity contribution in [3.63, 3.8) is 0 Å². The predicted octanol–water partition coefficient (Wildman–Crippen LogP) is -0.517. The van der Waals surface area contributed by atoms with Crippen LogP contribution in [0.4, 0.5) is 0 Å². The largest absolute Gasteiger partial charge is 0.480 e. The molecular weight excluding hydrogens is 186 g/mol. The molecule has 0 radical (unpaired) electrons. The molecule has 0 unspecified atom stereocenters. The van der Waals surface area contributed by atoms with Crippen LogP contribution in [-0.2, 0) is 14.3 Å². The first-order valence-corrected chi connectivity index (χ1v) is 3.23. The summed E-state index contributed by atoms with van der Waals surface area (Å²) < 4.78 is 9.54. The molecule has 0 aromatic heterocycles. The average molecular weight is 200 g/mol. The third kappa shape index (κ3) is 7.74. The Morgan fingerprint density at radius 2 is 2.17 bits per heavy atom. The molecule has 0 aromatic carbocycles. The van der Waals surface area contributed by atoms with Gasteiger partial charge in [0.15, 0.2) is 0 Å². The van der Waals surface area contributed by atoms with Crippen LogP contribution in [0, 0.1) is 0 Å². The number of ether oxygens (including phenoxy) is 2. The topological polar surface area (TPSA) is 81.8 Å². The van der Waals surface area contributed by atoms with Crippen molar-refractivity contribution in [1.29, 1.82) is 0 Å². The molecule has 0 fully saturated rings. The molecule has 1 atom stereocenters. The molecule has 0 amide bonds. The van der Waals surface area contributed by atoms with Gasteiger partial charge in [0.2, 0.25) is 0 Å². The fraction of sp³-hybridized carbons (Fsp3) is 0.833. The summed E-state index contributed by atoms with van der Waals surface area (Å²) in [4.78, 5) is 10.1. The molecule has 0 aliphatic heterocycles. The molecule has 0 aliphatic rings. The lowest BCUT2D eigenvalue weighted by molar-refractivity contribution is -0.140. The normalized spacial score (nSPS) is 11.8. The molecule has 5 nitrogen and oxygen atoms in total. The molecule has 0 bridgehead atoms. The lowest BCUT2D eigenvalue weighted by Crippen LogP contribution is -2.35. The molecule has 0 spiro atoms. The van der Waals surface area contributed by atoms with Crippen molar-refractivity contribution in [2.45, 2.75) is 6.04 Å². The summed E-state index contributed by atoms with van der Waals surface area (Å²) in [6.07, 6.45) is 0. The van der Waals surface area contributed by atoms with E-state index in [1.54, 1.807) is 7.11 Å². The van der Waals surface area contributed by atoms with Gasteiger partial charge in [-0.25, -0.2) is 0 Å². The van der Waals surface area contributed by atoms with Crippen LogP contribution >= 0.6 is 12.4 Å². The van der Waals surface area contributed by atoms with Crippen molar-refractivity contribution < 1.29 is 19.4 Å². The van der Waals surface area contributed by atoms with Gasteiger partial charge in [0.05, 0.1) is 19.8 Å². The van der Waals surface area contributed by atoms with Crippen LogP contribution in [0.2, 0.25) is 0 Å². The number of hydrogen-bond acceptors (Lipinski definition) is 4. The zero-order valence-corrected chi connectivity index (χ0v) is 7.67. The first-order chi connectivity index (χ1) is 5.18. The van der Waals surface area contributed by atoms with Crippen molar-refractivity contribution in [3.8, 4) is 0 Å². The monoisotopic (exact) mass is 199 g/mol. The Labute approximate surface area is 77.2 Å². The van der Waals surface area contributed by atoms with E-state index >= 15 is 0 Å². The zero-order valence-electron chi connectivity index (χ0n) is 6.86. The van der Waals surface area contributed by atoms with Crippen LogP contribution in [0.5, 0.6) is 0 Å². The summed E-state index contributed by atoms with van der Waals surface area (Å²) >= 11 is 0. The van der Waals surface area contributed by atoms with Crippen LogP contribution in [0.1, 0.15) is 0 Å². The standard InChI is InChI=1S/C6H13NO4.ClH/c1-10-2-3-11-4-5(7)6(8)9;/h5H,2-4,7H2,1H3,(H,8,9);1H/t5-;/m0./s1. The lowest BCUT2D eigenvalue weighted by atomic mass is 10.3. The van der Waals surface area contributed by atoms with Crippen molar-refractivity contribution in [2.24, 2.45) is 5.73 Å². The number of rotatable bonds is 6. The third-order valence-electron chi connectivity index (χ3n) is 1.05. The second-order valence-electron chi connectivity index (χ2n) is 2.01. The average Bonchev–Trinajstić information content (AvgIpc) is 1.97. The zero-order chi connectivity index (χ0) is 8.69. The van der Waals surface area contributed by atoms with Gasteiger partial charge in [-0.3, -0.25) is 4.79 Å². The van der Waals surface area contributed by atoms with E-state index in [0.29, 0.717) is 13.2 Å². The second-order valence-corrected chi connectivity index (χ2v) is 2.01. The van der Waals surface area contributed by atoms with E-state index in [2.05, 4.69) is 4.74 Å². The van der Waals surface area contributed by atoms with Crippen LogP contribution in [0.25, 0.3) is 0 Å². The third-order valence-corrected chi connectivity index (χ3v) is 1.05. The van der Waals surface area contributed by atoms with Crippen molar-refractivity contribution in [1.82, 2.24) is 0 Å². The van der Waals surface area contributed by atoms with Crippen molar-refractivity contribution >= 4 is 18.4 Å². The van der Waals surface area contributed by atoms with E-state index in [9.17, 15) is 4.79 Å². The Kier molecular flexibility index (Phi) is 10.3. The summed E-state index contributed by atoms with van der Waals surface area (Å²) in [5, 5.41) is 8.30. The van der Waals surface area contributed by atoms with Gasteiger partial charge in [0.25, 0.3) is 0 Å². The maximum absolute atomic E-state index is 10.1. The minimum absolute atomic E-state index is 0. The fourth-order valence-corrected chi connectivity index (χ4v) is 0.424. The van der Waals surface area contributed by atoms with E-state index in [4.69, 9.17) is 15.6 Å². The number of aliphatic carboxylic acids is 1. The van der Waals surface area contributed by atoms with Gasteiger partial charge in [-0.05, 0) is 0 Å². The first kappa shape index (κ1) is 14.2. The fourth-order valence-electron chi connectivity index (χ4n) is 0.424. The Morgan fingerprint density at radius 1 is 1.58 bits per heavy atom. The van der Waals surface area contributed by atoms with Crippen LogP contribution in [0.3, 0.4) is 0 Å². The molecule has 0 aliphatic carbocycles. The van der Waals surface area contributed by atoms with E-state index < -0.39 is 12.0 Å². The second kappa shape index (κ2) is 8.73. The number of nitrogens with two attached hydrogens (primary N) is 1. The summed E-state index contributed by atoms with van der Waals surface area (Å²) in [6, 6.07) is -0.938. The smallest absolute Gasteiger partial charge is 0.322 e. The summed E-state index contributed by atoms with van der Waals surface area (Å²) in [5.41, 5.74) is 5.13. The molecule has 74 valence electrons. The van der Waals surface area contributed by atoms with E-state index in [0.717, 1.165) is 0 Å². The lowest BCUT2D eigenvalue weighted by Gasteiger charge is -2.06. The van der Waals surface area contributed by atoms with Gasteiger partial charge in [-0.15, -0.1) is 12.4 Å². The molecule has 3 N–H and O–H groups in total. The van der Waals surface area contributed by atoms with Crippen molar-refractivity contribution in [3.05, 3.63) is 0 Å². The minimum atomic E-state index is -1.05. The highest BCUT2D eigenvalue weighted by molar-refractivity contribution is 5.85. The first-order valence-electron chi connectivity index (χ1n) is 3.23.